The zero-order valence-corrected chi connectivity index (χ0v) is 11.6. The molecular weight excluding hydrogens is 236 g/mol. The van der Waals surface area contributed by atoms with E-state index in [0.29, 0.717) is 6.42 Å². The Kier molecular flexibility index (Phi) is 2.98. The smallest absolute Gasteiger partial charge is 0.109 e. The molecule has 2 heteroatoms. The van der Waals surface area contributed by atoms with Crippen LogP contribution in [0.2, 0.25) is 0 Å². The van der Waals surface area contributed by atoms with Crippen LogP contribution in [0.25, 0.3) is 0 Å². The molecule has 1 atom stereocenters. The molecule has 0 spiro atoms. The minimum atomic E-state index is -0.763. The maximum atomic E-state index is 11.0. The molecule has 0 radical (unpaired) electrons. The van der Waals surface area contributed by atoms with Crippen LogP contribution >= 0.6 is 0 Å². The number of aryl methyl sites for hydroxylation is 3. The average molecular weight is 256 g/mol. The van der Waals surface area contributed by atoms with Crippen molar-refractivity contribution >= 4 is 0 Å². The molecule has 19 heavy (non-hydrogen) atoms. The molecule has 1 aliphatic carbocycles. The highest BCUT2D eigenvalue weighted by molar-refractivity contribution is 5.34. The van der Waals surface area contributed by atoms with Gasteiger partial charge in [0.25, 0.3) is 0 Å². The fourth-order valence-electron chi connectivity index (χ4n) is 3.32. The van der Waals surface area contributed by atoms with Crippen molar-refractivity contribution in [2.75, 3.05) is 0 Å². The molecule has 1 N–H and O–H groups in total. The molecule has 0 fully saturated rings. The van der Waals surface area contributed by atoms with Crippen LogP contribution in [0.3, 0.4) is 0 Å². The van der Waals surface area contributed by atoms with Crippen molar-refractivity contribution in [3.8, 4) is 0 Å². The first-order valence-electron chi connectivity index (χ1n) is 6.93. The molecule has 3 rings (SSSR count). The maximum absolute atomic E-state index is 11.0. The van der Waals surface area contributed by atoms with E-state index in [0.717, 1.165) is 30.6 Å². The van der Waals surface area contributed by atoms with E-state index in [9.17, 15) is 5.11 Å². The van der Waals surface area contributed by atoms with Crippen LogP contribution < -0.4 is 0 Å². The molecule has 1 heterocycles. The number of aliphatic hydroxyl groups is 1. The maximum Gasteiger partial charge on any atom is 0.109 e. The molecule has 2 nitrogen and oxygen atoms in total. The topological polar surface area (TPSA) is 33.4 Å². The van der Waals surface area contributed by atoms with Gasteiger partial charge in [0.1, 0.15) is 5.76 Å². The van der Waals surface area contributed by atoms with Crippen LogP contribution in [0.15, 0.2) is 34.9 Å². The Morgan fingerprint density at radius 1 is 1.21 bits per heavy atom. The molecule has 0 saturated carbocycles. The number of benzene rings is 1. The van der Waals surface area contributed by atoms with Crippen molar-refractivity contribution in [1.82, 2.24) is 0 Å². The quantitative estimate of drug-likeness (QED) is 0.889. The zero-order chi connectivity index (χ0) is 13.5. The van der Waals surface area contributed by atoms with Gasteiger partial charge in [-0.25, -0.2) is 0 Å². The normalized spacial score (nSPS) is 22.3. The van der Waals surface area contributed by atoms with Gasteiger partial charge in [-0.15, -0.1) is 0 Å². The second kappa shape index (κ2) is 4.53. The highest BCUT2D eigenvalue weighted by atomic mass is 16.3. The predicted molar refractivity (Wildman–Crippen MR) is 75.2 cm³/mol. The number of furan rings is 1. The summed E-state index contributed by atoms with van der Waals surface area (Å²) in [5.41, 5.74) is 3.93. The second-order valence-corrected chi connectivity index (χ2v) is 5.82. The molecule has 1 aromatic carbocycles. The lowest BCUT2D eigenvalue weighted by Gasteiger charge is -2.32. The summed E-state index contributed by atoms with van der Waals surface area (Å²) in [5.74, 6) is 0.957. The SMILES string of the molecule is Cc1cc(C)cc(CC2(O)CCCc3occc32)c1. The molecule has 0 aliphatic heterocycles. The summed E-state index contributed by atoms with van der Waals surface area (Å²) in [6, 6.07) is 8.42. The predicted octanol–water partition coefficient (Wildman–Crippen LogP) is 3.66. The van der Waals surface area contributed by atoms with Crippen LogP contribution in [0, 0.1) is 13.8 Å². The summed E-state index contributed by atoms with van der Waals surface area (Å²) >= 11 is 0. The van der Waals surface area contributed by atoms with E-state index in [4.69, 9.17) is 4.42 Å². The van der Waals surface area contributed by atoms with Gasteiger partial charge in [-0.3, -0.25) is 0 Å². The van der Waals surface area contributed by atoms with Gasteiger partial charge >= 0.3 is 0 Å². The Morgan fingerprint density at radius 3 is 2.68 bits per heavy atom. The first kappa shape index (κ1) is 12.5. The molecule has 1 aromatic heterocycles. The molecular formula is C17H20O2. The average Bonchev–Trinajstić information content (AvgIpc) is 2.77. The van der Waals surface area contributed by atoms with Gasteiger partial charge in [-0.2, -0.15) is 0 Å². The molecule has 1 unspecified atom stereocenters. The Hall–Kier alpha value is -1.54. The van der Waals surface area contributed by atoms with E-state index in [-0.39, 0.29) is 0 Å². The van der Waals surface area contributed by atoms with Crippen molar-refractivity contribution in [1.29, 1.82) is 0 Å². The Morgan fingerprint density at radius 2 is 1.95 bits per heavy atom. The van der Waals surface area contributed by atoms with Crippen molar-refractivity contribution in [2.24, 2.45) is 0 Å². The lowest BCUT2D eigenvalue weighted by atomic mass is 9.78. The summed E-state index contributed by atoms with van der Waals surface area (Å²) in [6.07, 6.45) is 5.11. The van der Waals surface area contributed by atoms with Gasteiger partial charge in [0, 0.05) is 18.4 Å². The van der Waals surface area contributed by atoms with Gasteiger partial charge in [-0.05, 0) is 38.3 Å². The van der Waals surface area contributed by atoms with E-state index >= 15 is 0 Å². The van der Waals surface area contributed by atoms with Crippen molar-refractivity contribution in [2.45, 2.75) is 45.1 Å². The summed E-state index contributed by atoms with van der Waals surface area (Å²) in [6.45, 7) is 4.20. The minimum absolute atomic E-state index is 0.669. The van der Waals surface area contributed by atoms with Crippen LogP contribution in [0.1, 0.15) is 40.9 Å². The van der Waals surface area contributed by atoms with Crippen molar-refractivity contribution < 1.29 is 9.52 Å². The van der Waals surface area contributed by atoms with Crippen molar-refractivity contribution in [3.63, 3.8) is 0 Å². The summed E-state index contributed by atoms with van der Waals surface area (Å²) in [7, 11) is 0. The van der Waals surface area contributed by atoms with E-state index in [2.05, 4.69) is 32.0 Å². The summed E-state index contributed by atoms with van der Waals surface area (Å²) < 4.78 is 5.48. The highest BCUT2D eigenvalue weighted by Crippen LogP contribution is 2.38. The highest BCUT2D eigenvalue weighted by Gasteiger charge is 2.36. The van der Waals surface area contributed by atoms with Gasteiger partial charge in [0.2, 0.25) is 0 Å². The lowest BCUT2D eigenvalue weighted by molar-refractivity contribution is 0.0168. The van der Waals surface area contributed by atoms with E-state index in [1.54, 1.807) is 6.26 Å². The van der Waals surface area contributed by atoms with Gasteiger partial charge < -0.3 is 9.52 Å². The third-order valence-electron chi connectivity index (χ3n) is 4.02. The van der Waals surface area contributed by atoms with Crippen LogP contribution in [0.4, 0.5) is 0 Å². The number of fused-ring (bicyclic) bond motifs is 1. The van der Waals surface area contributed by atoms with Crippen LogP contribution in [-0.4, -0.2) is 5.11 Å². The summed E-state index contributed by atoms with van der Waals surface area (Å²) in [4.78, 5) is 0. The van der Waals surface area contributed by atoms with Gasteiger partial charge in [0.15, 0.2) is 0 Å². The largest absolute Gasteiger partial charge is 0.469 e. The molecule has 0 bridgehead atoms. The Labute approximate surface area is 114 Å². The molecule has 0 saturated heterocycles. The van der Waals surface area contributed by atoms with Gasteiger partial charge in [-0.1, -0.05) is 29.3 Å². The fourth-order valence-corrected chi connectivity index (χ4v) is 3.32. The van der Waals surface area contributed by atoms with E-state index in [1.165, 1.54) is 16.7 Å². The molecule has 100 valence electrons. The van der Waals surface area contributed by atoms with Crippen LogP contribution in [-0.2, 0) is 18.4 Å². The minimum Gasteiger partial charge on any atom is -0.469 e. The molecule has 0 amide bonds. The number of rotatable bonds is 2. The molecule has 2 aromatic rings. The Bertz CT molecular complexity index is 577. The first-order valence-corrected chi connectivity index (χ1v) is 6.93. The lowest BCUT2D eigenvalue weighted by Crippen LogP contribution is -2.32. The molecule has 1 aliphatic rings. The van der Waals surface area contributed by atoms with Gasteiger partial charge in [0.05, 0.1) is 11.9 Å². The third kappa shape index (κ3) is 2.33. The Balaban J connectivity index is 1.95. The standard InChI is InChI=1S/C17H20O2/c1-12-8-13(2)10-14(9-12)11-17(18)6-3-4-16-15(17)5-7-19-16/h5,7-10,18H,3-4,6,11H2,1-2H3. The monoisotopic (exact) mass is 256 g/mol. The van der Waals surface area contributed by atoms with Crippen molar-refractivity contribution in [3.05, 3.63) is 58.5 Å². The number of hydrogen-bond acceptors (Lipinski definition) is 2. The van der Waals surface area contributed by atoms with E-state index in [1.807, 2.05) is 6.07 Å². The van der Waals surface area contributed by atoms with Crippen LogP contribution in [0.5, 0.6) is 0 Å². The summed E-state index contributed by atoms with van der Waals surface area (Å²) in [5, 5.41) is 11.0. The first-order chi connectivity index (χ1) is 9.07. The fraction of sp³-hybridized carbons (Fsp3) is 0.412. The zero-order valence-electron chi connectivity index (χ0n) is 11.6. The van der Waals surface area contributed by atoms with E-state index < -0.39 is 5.60 Å². The third-order valence-corrected chi connectivity index (χ3v) is 4.02. The second-order valence-electron chi connectivity index (χ2n) is 5.82. The number of hydrogen-bond donors (Lipinski definition) is 1.